The van der Waals surface area contributed by atoms with Crippen LogP contribution in [0.1, 0.15) is 24.8 Å². The number of amides is 1. The van der Waals surface area contributed by atoms with Gasteiger partial charge in [-0.05, 0) is 24.0 Å². The molecule has 6 heteroatoms. The molecule has 20 heavy (non-hydrogen) atoms. The molecule has 1 aliphatic rings. The van der Waals surface area contributed by atoms with Gasteiger partial charge in [-0.3, -0.25) is 9.59 Å². The van der Waals surface area contributed by atoms with Crippen molar-refractivity contribution in [2.75, 3.05) is 6.54 Å². The number of aliphatic carboxylic acids is 1. The van der Waals surface area contributed by atoms with Gasteiger partial charge in [0.25, 0.3) is 0 Å². The molecule has 108 valence electrons. The number of hydrogen-bond donors (Lipinski definition) is 2. The normalized spacial score (nSPS) is 22.1. The van der Waals surface area contributed by atoms with E-state index in [4.69, 9.17) is 28.3 Å². The Bertz CT molecular complexity index is 547. The summed E-state index contributed by atoms with van der Waals surface area (Å²) in [6.07, 6.45) is 0.716. The summed E-state index contributed by atoms with van der Waals surface area (Å²) < 4.78 is 0. The van der Waals surface area contributed by atoms with E-state index in [2.05, 4.69) is 5.32 Å². The van der Waals surface area contributed by atoms with Gasteiger partial charge in [-0.2, -0.15) is 0 Å². The molecule has 3 unspecified atom stereocenters. The van der Waals surface area contributed by atoms with Crippen LogP contribution in [-0.4, -0.2) is 23.5 Å². The van der Waals surface area contributed by atoms with Crippen LogP contribution in [0.25, 0.3) is 0 Å². The average Bonchev–Trinajstić information content (AvgIpc) is 3.18. The van der Waals surface area contributed by atoms with Crippen molar-refractivity contribution in [2.45, 2.75) is 19.3 Å². The van der Waals surface area contributed by atoms with Crippen LogP contribution in [0, 0.1) is 11.8 Å². The molecule has 0 aliphatic heterocycles. The summed E-state index contributed by atoms with van der Waals surface area (Å²) >= 11 is 12.1. The highest BCUT2D eigenvalue weighted by Crippen LogP contribution is 2.50. The van der Waals surface area contributed by atoms with Gasteiger partial charge in [0.2, 0.25) is 5.91 Å². The van der Waals surface area contributed by atoms with E-state index >= 15 is 0 Å². The monoisotopic (exact) mass is 315 g/mol. The van der Waals surface area contributed by atoms with Gasteiger partial charge in [0.15, 0.2) is 0 Å². The first-order chi connectivity index (χ1) is 9.41. The zero-order valence-corrected chi connectivity index (χ0v) is 12.4. The van der Waals surface area contributed by atoms with Gasteiger partial charge >= 0.3 is 5.97 Å². The van der Waals surface area contributed by atoms with Crippen molar-refractivity contribution in [3.05, 3.63) is 33.8 Å². The first-order valence-electron chi connectivity index (χ1n) is 6.36. The van der Waals surface area contributed by atoms with Crippen LogP contribution >= 0.6 is 23.2 Å². The maximum atomic E-state index is 11.9. The molecule has 3 atom stereocenters. The maximum absolute atomic E-state index is 11.9. The van der Waals surface area contributed by atoms with Crippen molar-refractivity contribution in [3.8, 4) is 0 Å². The highest BCUT2D eigenvalue weighted by Gasteiger charge is 2.45. The first-order valence-corrected chi connectivity index (χ1v) is 7.11. The van der Waals surface area contributed by atoms with Gasteiger partial charge in [-0.15, -0.1) is 0 Å². The van der Waals surface area contributed by atoms with Gasteiger partial charge in [-0.25, -0.2) is 0 Å². The van der Waals surface area contributed by atoms with Crippen molar-refractivity contribution >= 4 is 35.1 Å². The van der Waals surface area contributed by atoms with E-state index in [1.54, 1.807) is 13.0 Å². The fraction of sp³-hybridized carbons (Fsp3) is 0.429. The fourth-order valence-corrected chi connectivity index (χ4v) is 2.56. The summed E-state index contributed by atoms with van der Waals surface area (Å²) in [6, 6.07) is 5.38. The van der Waals surface area contributed by atoms with Crippen LogP contribution in [0.15, 0.2) is 18.2 Å². The minimum atomic E-state index is -0.921. The van der Waals surface area contributed by atoms with Gasteiger partial charge in [-0.1, -0.05) is 42.3 Å². The van der Waals surface area contributed by atoms with Crippen molar-refractivity contribution in [3.63, 3.8) is 0 Å². The lowest BCUT2D eigenvalue weighted by Gasteiger charge is -2.09. The molecular weight excluding hydrogens is 301 g/mol. The predicted molar refractivity (Wildman–Crippen MR) is 77.1 cm³/mol. The Labute approximate surface area is 127 Å². The zero-order chi connectivity index (χ0) is 14.9. The fourth-order valence-electron chi connectivity index (χ4n) is 2.11. The van der Waals surface area contributed by atoms with Crippen LogP contribution in [0.4, 0.5) is 0 Å². The maximum Gasteiger partial charge on any atom is 0.308 e. The Morgan fingerprint density at radius 3 is 2.80 bits per heavy atom. The first kappa shape index (κ1) is 15.1. The molecule has 1 saturated carbocycles. The molecule has 0 saturated heterocycles. The van der Waals surface area contributed by atoms with Crippen LogP contribution < -0.4 is 5.32 Å². The van der Waals surface area contributed by atoms with E-state index in [1.165, 1.54) is 0 Å². The lowest BCUT2D eigenvalue weighted by molar-refractivity contribution is -0.141. The average molecular weight is 316 g/mol. The molecule has 0 bridgehead atoms. The highest BCUT2D eigenvalue weighted by molar-refractivity contribution is 6.42. The molecule has 0 aromatic heterocycles. The number of carboxylic acids is 1. The number of rotatable bonds is 5. The van der Waals surface area contributed by atoms with Crippen LogP contribution in [-0.2, 0) is 9.59 Å². The molecule has 1 amide bonds. The van der Waals surface area contributed by atoms with Crippen molar-refractivity contribution in [2.24, 2.45) is 11.8 Å². The lowest BCUT2D eigenvalue weighted by atomic mass is 10.1. The standard InChI is InChI=1S/C14H15Cl2NO3/c1-7(14(19)20)6-17-13(18)10-5-9(10)8-3-2-4-11(15)12(8)16/h2-4,7,9-10H,5-6H2,1H3,(H,17,18)(H,19,20). The van der Waals surface area contributed by atoms with Gasteiger partial charge in [0.05, 0.1) is 16.0 Å². The molecule has 4 nitrogen and oxygen atoms in total. The molecule has 1 fully saturated rings. The quantitative estimate of drug-likeness (QED) is 0.878. The summed E-state index contributed by atoms with van der Waals surface area (Å²) in [4.78, 5) is 22.6. The van der Waals surface area contributed by atoms with Gasteiger partial charge in [0, 0.05) is 12.5 Å². The summed E-state index contributed by atoms with van der Waals surface area (Å²) in [5.41, 5.74) is 0.880. The smallest absolute Gasteiger partial charge is 0.308 e. The van der Waals surface area contributed by atoms with Crippen LogP contribution in [0.3, 0.4) is 0 Å². The number of hydrogen-bond acceptors (Lipinski definition) is 2. The van der Waals surface area contributed by atoms with Crippen molar-refractivity contribution in [1.29, 1.82) is 0 Å². The molecule has 1 aromatic rings. The molecule has 1 aliphatic carbocycles. The number of carbonyl (C=O) groups is 2. The third-order valence-corrected chi connectivity index (χ3v) is 4.35. The van der Waals surface area contributed by atoms with E-state index in [9.17, 15) is 9.59 Å². The number of carboxylic acid groups (broad SMARTS) is 1. The Hall–Kier alpha value is -1.26. The molecule has 0 radical (unpaired) electrons. The Morgan fingerprint density at radius 2 is 2.15 bits per heavy atom. The topological polar surface area (TPSA) is 66.4 Å². The molecule has 1 aromatic carbocycles. The second-order valence-electron chi connectivity index (χ2n) is 5.08. The van der Waals surface area contributed by atoms with Crippen molar-refractivity contribution < 1.29 is 14.7 Å². The third-order valence-electron chi connectivity index (χ3n) is 3.51. The minimum absolute atomic E-state index is 0.0707. The Morgan fingerprint density at radius 1 is 1.45 bits per heavy atom. The Kier molecular flexibility index (Phi) is 4.55. The number of nitrogens with one attached hydrogen (secondary N) is 1. The number of carbonyl (C=O) groups excluding carboxylic acids is 1. The number of benzene rings is 1. The largest absolute Gasteiger partial charge is 0.481 e. The van der Waals surface area contributed by atoms with E-state index in [0.29, 0.717) is 16.5 Å². The third kappa shape index (κ3) is 3.25. The van der Waals surface area contributed by atoms with Gasteiger partial charge < -0.3 is 10.4 Å². The zero-order valence-electron chi connectivity index (χ0n) is 10.9. The molecule has 0 heterocycles. The van der Waals surface area contributed by atoms with Crippen molar-refractivity contribution in [1.82, 2.24) is 5.32 Å². The number of halogens is 2. The van der Waals surface area contributed by atoms with E-state index in [0.717, 1.165) is 5.56 Å². The van der Waals surface area contributed by atoms with Gasteiger partial charge in [0.1, 0.15) is 0 Å². The van der Waals surface area contributed by atoms with Crippen LogP contribution in [0.2, 0.25) is 10.0 Å². The summed E-state index contributed by atoms with van der Waals surface area (Å²) in [5.74, 6) is -1.71. The minimum Gasteiger partial charge on any atom is -0.481 e. The Balaban J connectivity index is 1.93. The second-order valence-corrected chi connectivity index (χ2v) is 5.86. The molecule has 2 rings (SSSR count). The molecular formula is C14H15Cl2NO3. The predicted octanol–water partition coefficient (Wildman–Crippen LogP) is 2.93. The van der Waals surface area contributed by atoms with E-state index in [-0.39, 0.29) is 24.3 Å². The summed E-state index contributed by atoms with van der Waals surface area (Å²) in [5, 5.41) is 12.4. The second kappa shape index (κ2) is 6.02. The molecule has 0 spiro atoms. The summed E-state index contributed by atoms with van der Waals surface area (Å²) in [7, 11) is 0. The van der Waals surface area contributed by atoms with E-state index in [1.807, 2.05) is 12.1 Å². The summed E-state index contributed by atoms with van der Waals surface area (Å²) in [6.45, 7) is 1.70. The molecule has 2 N–H and O–H groups in total. The lowest BCUT2D eigenvalue weighted by Crippen LogP contribution is -2.32. The van der Waals surface area contributed by atoms with E-state index < -0.39 is 11.9 Å². The highest BCUT2D eigenvalue weighted by atomic mass is 35.5. The SMILES string of the molecule is CC(CNC(=O)C1CC1c1cccc(Cl)c1Cl)C(=O)O. The van der Waals surface area contributed by atoms with Crippen LogP contribution in [0.5, 0.6) is 0 Å².